The molecule has 3 aromatic carbocycles. The van der Waals surface area contributed by atoms with Crippen molar-refractivity contribution >= 4 is 50.8 Å². The van der Waals surface area contributed by atoms with Crippen LogP contribution in [0.2, 0.25) is 0 Å². The molecule has 3 amide bonds. The zero-order chi connectivity index (χ0) is 26.6. The van der Waals surface area contributed by atoms with Gasteiger partial charge in [-0.25, -0.2) is 0 Å². The molecule has 0 saturated heterocycles. The fourth-order valence-corrected chi connectivity index (χ4v) is 5.16. The van der Waals surface area contributed by atoms with Gasteiger partial charge in [-0.05, 0) is 56.2 Å². The molecule has 38 heavy (non-hydrogen) atoms. The molecule has 1 aromatic heterocycles. The van der Waals surface area contributed by atoms with Crippen LogP contribution in [0.5, 0.6) is 0 Å². The van der Waals surface area contributed by atoms with Gasteiger partial charge in [-0.3, -0.25) is 19.3 Å². The van der Waals surface area contributed by atoms with Crippen LogP contribution in [-0.2, 0) is 20.9 Å². The number of hydrogen-bond acceptors (Lipinski definition) is 4. The van der Waals surface area contributed by atoms with Gasteiger partial charge in [-0.2, -0.15) is 4.57 Å². The molecule has 0 atom stereocenters. The lowest BCUT2D eigenvalue weighted by atomic mass is 9.98. The second-order valence-corrected chi connectivity index (χ2v) is 9.52. The highest BCUT2D eigenvalue weighted by Gasteiger charge is 2.24. The van der Waals surface area contributed by atoms with Crippen LogP contribution < -0.4 is 15.6 Å². The van der Waals surface area contributed by atoms with Crippen molar-refractivity contribution in [3.63, 3.8) is 0 Å². The molecule has 0 unspecified atom stereocenters. The van der Waals surface area contributed by atoms with Crippen LogP contribution in [0.25, 0.3) is 32.9 Å². The van der Waals surface area contributed by atoms with Crippen LogP contribution >= 0.6 is 0 Å². The lowest BCUT2D eigenvalue weighted by molar-refractivity contribution is -0.655. The van der Waals surface area contributed by atoms with Gasteiger partial charge >= 0.3 is 0 Å². The minimum Gasteiger partial charge on any atom is -0.399 e. The largest absolute Gasteiger partial charge is 0.399 e. The first-order valence-corrected chi connectivity index (χ1v) is 13.0. The molecule has 0 saturated carbocycles. The maximum Gasteiger partial charge on any atom is 0.253 e. The van der Waals surface area contributed by atoms with Gasteiger partial charge in [0.05, 0.1) is 10.8 Å². The number of fused-ring (bicyclic) bond motifs is 3. The summed E-state index contributed by atoms with van der Waals surface area (Å²) in [6, 6.07) is 22.3. The number of nitrogens with zero attached hydrogens (tertiary/aromatic N) is 2. The van der Waals surface area contributed by atoms with Crippen molar-refractivity contribution in [1.29, 1.82) is 0 Å². The number of imide groups is 1. The number of carbonyl (C=O) groups excluding carboxylic acids is 3. The van der Waals surface area contributed by atoms with E-state index < -0.39 is 0 Å². The molecule has 0 radical (unpaired) electrons. The number of aromatic nitrogens is 1. The predicted octanol–water partition coefficient (Wildman–Crippen LogP) is 4.97. The smallest absolute Gasteiger partial charge is 0.253 e. The molecular weight excluding hydrogens is 476 g/mol. The molecular formula is C31H31N4O3+. The number of unbranched alkanes of at least 4 members (excludes halogenated alkanes) is 2. The highest BCUT2D eigenvalue weighted by molar-refractivity contribution is 6.13. The zero-order valence-corrected chi connectivity index (χ0v) is 21.4. The highest BCUT2D eigenvalue weighted by Crippen LogP contribution is 2.33. The third kappa shape index (κ3) is 5.00. The maximum absolute atomic E-state index is 12.7. The lowest BCUT2D eigenvalue weighted by Gasteiger charge is -2.14. The van der Waals surface area contributed by atoms with E-state index in [4.69, 9.17) is 5.73 Å². The molecule has 0 spiro atoms. The van der Waals surface area contributed by atoms with E-state index in [1.807, 2.05) is 42.5 Å². The molecule has 0 fully saturated rings. The van der Waals surface area contributed by atoms with E-state index in [0.717, 1.165) is 57.3 Å². The van der Waals surface area contributed by atoms with Gasteiger partial charge in [0.15, 0.2) is 0 Å². The SMILES string of the molecule is CC[n+]1c(-c2ccccc2)c2cc(N)ccc2c2ccc(NC(=O)CCCCCN3C(=O)C=CC3=O)cc21. The number of amides is 3. The molecule has 5 rings (SSSR count). The molecule has 192 valence electrons. The predicted molar refractivity (Wildman–Crippen MR) is 150 cm³/mol. The summed E-state index contributed by atoms with van der Waals surface area (Å²) in [5.41, 5.74) is 10.9. The first-order chi connectivity index (χ1) is 18.5. The summed E-state index contributed by atoms with van der Waals surface area (Å²) in [4.78, 5) is 37.2. The van der Waals surface area contributed by atoms with Gasteiger partial charge in [-0.15, -0.1) is 0 Å². The van der Waals surface area contributed by atoms with E-state index >= 15 is 0 Å². The van der Waals surface area contributed by atoms with Crippen LogP contribution in [0.15, 0.2) is 78.9 Å². The first kappa shape index (κ1) is 25.1. The Morgan fingerprint density at radius 2 is 1.61 bits per heavy atom. The molecule has 7 heteroatoms. The number of nitrogens with two attached hydrogens (primary N) is 1. The van der Waals surface area contributed by atoms with Gasteiger partial charge in [0.1, 0.15) is 6.54 Å². The average molecular weight is 508 g/mol. The number of rotatable bonds is 9. The molecule has 0 aliphatic carbocycles. The third-order valence-corrected chi connectivity index (χ3v) is 6.98. The lowest BCUT2D eigenvalue weighted by Crippen LogP contribution is -2.36. The van der Waals surface area contributed by atoms with Crippen LogP contribution in [0.1, 0.15) is 32.6 Å². The van der Waals surface area contributed by atoms with Crippen LogP contribution in [-0.4, -0.2) is 29.2 Å². The number of carbonyl (C=O) groups is 3. The molecule has 4 aromatic rings. The maximum atomic E-state index is 12.7. The third-order valence-electron chi connectivity index (χ3n) is 6.98. The number of nitrogens with one attached hydrogen (secondary N) is 1. The molecule has 2 heterocycles. The average Bonchev–Trinajstić information content (AvgIpc) is 3.24. The molecule has 1 aliphatic rings. The Kier molecular flexibility index (Phi) is 7.18. The summed E-state index contributed by atoms with van der Waals surface area (Å²) in [5, 5.41) is 6.35. The zero-order valence-electron chi connectivity index (χ0n) is 21.4. The minimum atomic E-state index is -0.264. The van der Waals surface area contributed by atoms with Gasteiger partial charge < -0.3 is 11.1 Å². The van der Waals surface area contributed by atoms with E-state index in [9.17, 15) is 14.4 Å². The van der Waals surface area contributed by atoms with Crippen molar-refractivity contribution in [2.24, 2.45) is 0 Å². The summed E-state index contributed by atoms with van der Waals surface area (Å²) in [6.45, 7) is 3.26. The van der Waals surface area contributed by atoms with E-state index in [1.165, 1.54) is 17.1 Å². The van der Waals surface area contributed by atoms with E-state index in [2.05, 4.69) is 41.1 Å². The Hall–Kier alpha value is -4.52. The Labute approximate surface area is 221 Å². The van der Waals surface area contributed by atoms with Gasteiger partial charge in [-0.1, -0.05) is 30.7 Å². The number of aryl methyl sites for hydroxylation is 1. The van der Waals surface area contributed by atoms with Crippen molar-refractivity contribution < 1.29 is 19.0 Å². The summed E-state index contributed by atoms with van der Waals surface area (Å²) in [6.07, 6.45) is 5.08. The summed E-state index contributed by atoms with van der Waals surface area (Å²) >= 11 is 0. The second kappa shape index (κ2) is 10.8. The number of hydrogen-bond donors (Lipinski definition) is 2. The van der Waals surface area contributed by atoms with Crippen molar-refractivity contribution in [2.45, 2.75) is 39.2 Å². The Morgan fingerprint density at radius 3 is 2.34 bits per heavy atom. The Balaban J connectivity index is 1.35. The van der Waals surface area contributed by atoms with Crippen LogP contribution in [0, 0.1) is 0 Å². The number of benzene rings is 3. The molecule has 3 N–H and O–H groups in total. The quantitative estimate of drug-likeness (QED) is 0.110. The molecule has 1 aliphatic heterocycles. The summed E-state index contributed by atoms with van der Waals surface area (Å²) < 4.78 is 2.28. The van der Waals surface area contributed by atoms with Gasteiger partial charge in [0, 0.05) is 53.5 Å². The van der Waals surface area contributed by atoms with E-state index in [1.54, 1.807) is 0 Å². The summed E-state index contributed by atoms with van der Waals surface area (Å²) in [7, 11) is 0. The normalized spacial score (nSPS) is 13.1. The van der Waals surface area contributed by atoms with Crippen molar-refractivity contribution in [1.82, 2.24) is 4.90 Å². The van der Waals surface area contributed by atoms with Crippen LogP contribution in [0.3, 0.4) is 0 Å². The minimum absolute atomic E-state index is 0.0563. The van der Waals surface area contributed by atoms with Crippen molar-refractivity contribution in [2.75, 3.05) is 17.6 Å². The topological polar surface area (TPSA) is 96.4 Å². The van der Waals surface area contributed by atoms with E-state index in [-0.39, 0.29) is 17.7 Å². The molecule has 0 bridgehead atoms. The summed E-state index contributed by atoms with van der Waals surface area (Å²) in [5.74, 6) is -0.584. The van der Waals surface area contributed by atoms with E-state index in [0.29, 0.717) is 25.8 Å². The Morgan fingerprint density at radius 1 is 0.868 bits per heavy atom. The van der Waals surface area contributed by atoms with Crippen molar-refractivity contribution in [3.05, 3.63) is 78.9 Å². The fraction of sp³-hybridized carbons (Fsp3) is 0.226. The standard InChI is InChI=1S/C31H30N4O3/c1-2-34-27-20-23(33-28(36)11-7-4-8-18-35-29(37)16-17-30(35)38)13-15-25(27)24-14-12-22(32)19-26(24)31(34)21-9-5-3-6-10-21/h3,5-6,9-10,12-17,19-20H,2,4,7-8,11,18,32H2,1H3/p+1. The molecule has 7 nitrogen and oxygen atoms in total. The second-order valence-electron chi connectivity index (χ2n) is 9.52. The highest BCUT2D eigenvalue weighted by atomic mass is 16.2. The monoisotopic (exact) mass is 507 g/mol. The number of nitrogen functional groups attached to an aromatic ring is 1. The van der Waals surface area contributed by atoms with Gasteiger partial charge in [0.25, 0.3) is 11.8 Å². The first-order valence-electron chi connectivity index (χ1n) is 13.0. The van der Waals surface area contributed by atoms with Crippen LogP contribution in [0.4, 0.5) is 11.4 Å². The van der Waals surface area contributed by atoms with Gasteiger partial charge in [0.2, 0.25) is 17.1 Å². The number of pyridine rings is 1. The number of anilines is 2. The van der Waals surface area contributed by atoms with Crippen molar-refractivity contribution in [3.8, 4) is 11.3 Å². The fourth-order valence-electron chi connectivity index (χ4n) is 5.16. The Bertz CT molecular complexity index is 1560.